The molecule has 1 aromatic heterocycles. The number of anilines is 2. The molecule has 2 aromatic rings. The molecule has 0 aliphatic carbocycles. The van der Waals surface area contributed by atoms with Crippen LogP contribution in [-0.4, -0.2) is 42.3 Å². The van der Waals surface area contributed by atoms with Gasteiger partial charge in [0, 0.05) is 25.0 Å². The molecule has 4 rings (SSSR count). The highest BCUT2D eigenvalue weighted by atomic mass is 16.1. The van der Waals surface area contributed by atoms with Crippen molar-refractivity contribution in [2.75, 3.05) is 36.4 Å². The smallest absolute Gasteiger partial charge is 0.229 e. The van der Waals surface area contributed by atoms with Crippen molar-refractivity contribution in [3.8, 4) is 0 Å². The van der Waals surface area contributed by atoms with Gasteiger partial charge in [0.2, 0.25) is 5.91 Å². The highest BCUT2D eigenvalue weighted by Crippen LogP contribution is 2.27. The summed E-state index contributed by atoms with van der Waals surface area (Å²) in [6, 6.07) is 12.2. The zero-order valence-corrected chi connectivity index (χ0v) is 14.9. The van der Waals surface area contributed by atoms with E-state index in [4.69, 9.17) is 0 Å². The number of hydrogen-bond acceptors (Lipinski definition) is 5. The lowest BCUT2D eigenvalue weighted by Gasteiger charge is -2.23. The summed E-state index contributed by atoms with van der Waals surface area (Å²) >= 11 is 0. The highest BCUT2D eigenvalue weighted by Gasteiger charge is 2.29. The van der Waals surface area contributed by atoms with Crippen LogP contribution in [0.15, 0.2) is 42.6 Å². The SMILES string of the molecule is O=C(Nc1ccc(C2CCNCC2)cc1)C1CCN(c2cccnn2)C1. The van der Waals surface area contributed by atoms with E-state index in [9.17, 15) is 4.79 Å². The molecule has 0 spiro atoms. The Morgan fingerprint density at radius 1 is 1.12 bits per heavy atom. The number of aromatic nitrogens is 2. The zero-order valence-electron chi connectivity index (χ0n) is 14.9. The van der Waals surface area contributed by atoms with Crippen LogP contribution in [0, 0.1) is 5.92 Å². The summed E-state index contributed by atoms with van der Waals surface area (Å²) < 4.78 is 0. The average Bonchev–Trinajstić information content (AvgIpc) is 3.20. The van der Waals surface area contributed by atoms with Gasteiger partial charge in [-0.2, -0.15) is 5.10 Å². The van der Waals surface area contributed by atoms with Gasteiger partial charge in [0.25, 0.3) is 0 Å². The van der Waals surface area contributed by atoms with Crippen molar-refractivity contribution in [2.24, 2.45) is 5.92 Å². The first-order chi connectivity index (χ1) is 12.8. The Morgan fingerprint density at radius 2 is 1.92 bits per heavy atom. The number of hydrogen-bond donors (Lipinski definition) is 2. The van der Waals surface area contributed by atoms with E-state index in [-0.39, 0.29) is 11.8 Å². The van der Waals surface area contributed by atoms with Crippen LogP contribution in [0.5, 0.6) is 0 Å². The lowest BCUT2D eigenvalue weighted by atomic mass is 9.90. The van der Waals surface area contributed by atoms with Gasteiger partial charge in [0.15, 0.2) is 5.82 Å². The molecule has 3 heterocycles. The van der Waals surface area contributed by atoms with E-state index in [0.29, 0.717) is 12.5 Å². The fraction of sp³-hybridized carbons (Fsp3) is 0.450. The molecular weight excluding hydrogens is 326 g/mol. The van der Waals surface area contributed by atoms with E-state index in [0.717, 1.165) is 37.6 Å². The maximum Gasteiger partial charge on any atom is 0.229 e. The number of rotatable bonds is 4. The lowest BCUT2D eigenvalue weighted by Crippen LogP contribution is -2.27. The van der Waals surface area contributed by atoms with Crippen LogP contribution in [0.4, 0.5) is 11.5 Å². The van der Waals surface area contributed by atoms with Crippen molar-refractivity contribution in [3.63, 3.8) is 0 Å². The third-order valence-corrected chi connectivity index (χ3v) is 5.43. The Bertz CT molecular complexity index is 728. The second kappa shape index (κ2) is 7.83. The summed E-state index contributed by atoms with van der Waals surface area (Å²) in [6.07, 6.45) is 4.88. The highest BCUT2D eigenvalue weighted by molar-refractivity contribution is 5.93. The normalized spacial score (nSPS) is 20.9. The predicted molar refractivity (Wildman–Crippen MR) is 102 cm³/mol. The van der Waals surface area contributed by atoms with Crippen molar-refractivity contribution < 1.29 is 4.79 Å². The van der Waals surface area contributed by atoms with Crippen LogP contribution >= 0.6 is 0 Å². The molecule has 1 atom stereocenters. The van der Waals surface area contributed by atoms with Crippen molar-refractivity contribution >= 4 is 17.4 Å². The summed E-state index contributed by atoms with van der Waals surface area (Å²) in [7, 11) is 0. The fourth-order valence-electron chi connectivity index (χ4n) is 3.88. The molecule has 26 heavy (non-hydrogen) atoms. The number of benzene rings is 1. The minimum atomic E-state index is -0.0129. The molecule has 6 nitrogen and oxygen atoms in total. The average molecular weight is 351 g/mol. The summed E-state index contributed by atoms with van der Waals surface area (Å²) in [5, 5.41) is 14.5. The molecule has 2 saturated heterocycles. The lowest BCUT2D eigenvalue weighted by molar-refractivity contribution is -0.119. The summed E-state index contributed by atoms with van der Waals surface area (Å²) in [4.78, 5) is 14.7. The summed E-state index contributed by atoms with van der Waals surface area (Å²) in [5.41, 5.74) is 2.25. The van der Waals surface area contributed by atoms with Gasteiger partial charge in [0.1, 0.15) is 0 Å². The van der Waals surface area contributed by atoms with Crippen LogP contribution in [-0.2, 0) is 4.79 Å². The Morgan fingerprint density at radius 3 is 2.65 bits per heavy atom. The number of piperidine rings is 1. The van der Waals surface area contributed by atoms with E-state index < -0.39 is 0 Å². The number of carbonyl (C=O) groups is 1. The van der Waals surface area contributed by atoms with Crippen LogP contribution in [0.2, 0.25) is 0 Å². The molecule has 2 fully saturated rings. The number of amides is 1. The molecule has 2 N–H and O–H groups in total. The Hall–Kier alpha value is -2.47. The van der Waals surface area contributed by atoms with E-state index >= 15 is 0 Å². The molecular formula is C20H25N5O. The molecule has 0 saturated carbocycles. The molecule has 0 radical (unpaired) electrons. The Kier molecular flexibility index (Phi) is 5.11. The van der Waals surface area contributed by atoms with Gasteiger partial charge >= 0.3 is 0 Å². The van der Waals surface area contributed by atoms with E-state index in [2.05, 4.69) is 37.9 Å². The van der Waals surface area contributed by atoms with Crippen molar-refractivity contribution in [2.45, 2.75) is 25.2 Å². The first-order valence-electron chi connectivity index (χ1n) is 9.44. The van der Waals surface area contributed by atoms with Crippen LogP contribution < -0.4 is 15.5 Å². The van der Waals surface area contributed by atoms with Crippen molar-refractivity contribution in [3.05, 3.63) is 48.2 Å². The molecule has 2 aliphatic heterocycles. The first-order valence-corrected chi connectivity index (χ1v) is 9.44. The van der Waals surface area contributed by atoms with Gasteiger partial charge in [-0.1, -0.05) is 12.1 Å². The van der Waals surface area contributed by atoms with Gasteiger partial charge in [-0.3, -0.25) is 4.79 Å². The molecule has 2 aliphatic rings. The van der Waals surface area contributed by atoms with E-state index in [1.54, 1.807) is 6.20 Å². The van der Waals surface area contributed by atoms with E-state index in [1.165, 1.54) is 18.4 Å². The topological polar surface area (TPSA) is 70.2 Å². The number of nitrogens with one attached hydrogen (secondary N) is 2. The molecule has 1 amide bonds. The van der Waals surface area contributed by atoms with E-state index in [1.807, 2.05) is 24.3 Å². The van der Waals surface area contributed by atoms with Gasteiger partial charge in [-0.15, -0.1) is 5.10 Å². The molecule has 1 unspecified atom stereocenters. The summed E-state index contributed by atoms with van der Waals surface area (Å²) in [6.45, 7) is 3.71. The number of carbonyl (C=O) groups excluding carboxylic acids is 1. The number of nitrogens with zero attached hydrogens (tertiary/aromatic N) is 3. The molecule has 0 bridgehead atoms. The predicted octanol–water partition coefficient (Wildman–Crippen LogP) is 2.41. The quantitative estimate of drug-likeness (QED) is 0.885. The third-order valence-electron chi connectivity index (χ3n) is 5.43. The zero-order chi connectivity index (χ0) is 17.8. The molecule has 6 heteroatoms. The third kappa shape index (κ3) is 3.85. The second-order valence-corrected chi connectivity index (χ2v) is 7.15. The van der Waals surface area contributed by atoms with Gasteiger partial charge < -0.3 is 15.5 Å². The summed E-state index contributed by atoms with van der Waals surface area (Å²) in [5.74, 6) is 1.55. The monoisotopic (exact) mass is 351 g/mol. The Labute approximate surface area is 154 Å². The van der Waals surface area contributed by atoms with Crippen LogP contribution in [0.25, 0.3) is 0 Å². The molecule has 136 valence electrons. The minimum Gasteiger partial charge on any atom is -0.354 e. The molecule has 1 aromatic carbocycles. The van der Waals surface area contributed by atoms with Gasteiger partial charge in [-0.05, 0) is 68.1 Å². The largest absolute Gasteiger partial charge is 0.354 e. The standard InChI is InChI=1S/C20H25N5O/c26-20(17-9-13-25(14-17)19-2-1-10-22-24-19)23-18-5-3-15(4-6-18)16-7-11-21-12-8-16/h1-6,10,16-17,21H,7-9,11-14H2,(H,23,26). The van der Waals surface area contributed by atoms with Gasteiger partial charge in [-0.25, -0.2) is 0 Å². The second-order valence-electron chi connectivity index (χ2n) is 7.15. The minimum absolute atomic E-state index is 0.0129. The van der Waals surface area contributed by atoms with Gasteiger partial charge in [0.05, 0.1) is 5.92 Å². The maximum absolute atomic E-state index is 12.6. The Balaban J connectivity index is 1.33. The van der Waals surface area contributed by atoms with Crippen molar-refractivity contribution in [1.29, 1.82) is 0 Å². The first kappa shape index (κ1) is 17.0. The maximum atomic E-state index is 12.6. The van der Waals surface area contributed by atoms with Crippen LogP contribution in [0.3, 0.4) is 0 Å². The van der Waals surface area contributed by atoms with Crippen LogP contribution in [0.1, 0.15) is 30.7 Å². The fourth-order valence-corrected chi connectivity index (χ4v) is 3.88. The van der Waals surface area contributed by atoms with Crippen molar-refractivity contribution in [1.82, 2.24) is 15.5 Å².